The van der Waals surface area contributed by atoms with Crippen molar-refractivity contribution in [3.05, 3.63) is 171 Å². The first-order chi connectivity index (χ1) is 24.2. The van der Waals surface area contributed by atoms with Crippen molar-refractivity contribution in [3.8, 4) is 0 Å². The van der Waals surface area contributed by atoms with Gasteiger partial charge in [0, 0.05) is 0 Å². The second-order valence-electron chi connectivity index (χ2n) is 13.3. The van der Waals surface area contributed by atoms with Crippen LogP contribution in [0.5, 0.6) is 0 Å². The topological polar surface area (TPSA) is 80.8 Å². The molecule has 1 saturated carbocycles. The first kappa shape index (κ1) is 31.7. The molecule has 3 aliphatic rings. The maximum absolute atomic E-state index is 16.0. The summed E-state index contributed by atoms with van der Waals surface area (Å²) in [5.74, 6) is -4.10. The van der Waals surface area contributed by atoms with Gasteiger partial charge in [-0.3, -0.25) is 14.4 Å². The standard InChI is InChI=1S/C43H32ClNO5/c1-25-14-18-27(19-15-25)34-35(28-20-16-26(2)17-21-28)43(30-12-8-5-9-13-30)37-36(42(34,41(43)49)29-10-6-4-7-11-29)38(46)45(39(37)47)31-22-23-33(44)32(24-31)40(48)50-3/h4-24,36-37H,1-3H3/t36-,37-,42-,43-/m0/s1. The maximum Gasteiger partial charge on any atom is 0.339 e. The zero-order chi connectivity index (χ0) is 34.9. The predicted molar refractivity (Wildman–Crippen MR) is 193 cm³/mol. The summed E-state index contributed by atoms with van der Waals surface area (Å²) in [5, 5.41) is 0.127. The molecule has 2 fully saturated rings. The summed E-state index contributed by atoms with van der Waals surface area (Å²) in [6.45, 7) is 4.01. The minimum atomic E-state index is -1.53. The van der Waals surface area contributed by atoms with Crippen molar-refractivity contribution in [1.29, 1.82) is 0 Å². The first-order valence-corrected chi connectivity index (χ1v) is 16.9. The van der Waals surface area contributed by atoms with Crippen LogP contribution in [0.25, 0.3) is 11.1 Å². The van der Waals surface area contributed by atoms with E-state index in [1.54, 1.807) is 6.07 Å². The third-order valence-corrected chi connectivity index (χ3v) is 11.1. The zero-order valence-electron chi connectivity index (χ0n) is 27.6. The first-order valence-electron chi connectivity index (χ1n) is 16.5. The van der Waals surface area contributed by atoms with E-state index in [2.05, 4.69) is 0 Å². The molecule has 7 heteroatoms. The van der Waals surface area contributed by atoms with Gasteiger partial charge < -0.3 is 4.74 Å². The normalized spacial score (nSPS) is 23.8. The number of Topliss-reactive ketones (excluding diaryl/α,β-unsaturated/α-hetero) is 1. The molecular formula is C43H32ClNO5. The van der Waals surface area contributed by atoms with Gasteiger partial charge in [-0.05, 0) is 65.4 Å². The summed E-state index contributed by atoms with van der Waals surface area (Å²) in [5.41, 5.74) is 3.58. The van der Waals surface area contributed by atoms with E-state index in [1.807, 2.05) is 123 Å². The Bertz CT molecular complexity index is 2140. The van der Waals surface area contributed by atoms with E-state index in [-0.39, 0.29) is 22.1 Å². The van der Waals surface area contributed by atoms with E-state index in [4.69, 9.17) is 16.3 Å². The van der Waals surface area contributed by atoms with Gasteiger partial charge in [-0.2, -0.15) is 0 Å². The maximum atomic E-state index is 16.0. The molecule has 5 aromatic carbocycles. The number of halogens is 1. The number of carbonyl (C=O) groups is 4. The molecule has 2 bridgehead atoms. The highest BCUT2D eigenvalue weighted by molar-refractivity contribution is 6.39. The Kier molecular flexibility index (Phi) is 7.28. The largest absolute Gasteiger partial charge is 0.465 e. The van der Waals surface area contributed by atoms with Crippen LogP contribution in [0.4, 0.5) is 5.69 Å². The fraction of sp³-hybridized carbons (Fsp3) is 0.163. The third kappa shape index (κ3) is 4.09. The molecule has 0 unspecified atom stereocenters. The van der Waals surface area contributed by atoms with Crippen LogP contribution in [-0.2, 0) is 30.0 Å². The molecular weight excluding hydrogens is 646 g/mol. The molecule has 4 atom stereocenters. The van der Waals surface area contributed by atoms with Crippen molar-refractivity contribution in [3.63, 3.8) is 0 Å². The predicted octanol–water partition coefficient (Wildman–Crippen LogP) is 7.93. The number of anilines is 1. The van der Waals surface area contributed by atoms with Crippen LogP contribution in [0.2, 0.25) is 5.02 Å². The summed E-state index contributed by atoms with van der Waals surface area (Å²) < 4.78 is 4.95. The van der Waals surface area contributed by atoms with Gasteiger partial charge in [-0.1, -0.05) is 132 Å². The Labute approximate surface area is 295 Å². The molecule has 0 aromatic heterocycles. The van der Waals surface area contributed by atoms with E-state index in [1.165, 1.54) is 19.2 Å². The highest BCUT2D eigenvalue weighted by Gasteiger charge is 2.82. The number of hydrogen-bond donors (Lipinski definition) is 0. The lowest BCUT2D eigenvalue weighted by molar-refractivity contribution is -0.130. The molecule has 0 radical (unpaired) electrons. The number of fused-ring (bicyclic) bond motifs is 5. The number of ketones is 1. The Morgan fingerprint density at radius 1 is 0.640 bits per heavy atom. The zero-order valence-corrected chi connectivity index (χ0v) is 28.4. The third-order valence-electron chi connectivity index (χ3n) is 10.7. The number of carbonyl (C=O) groups excluding carboxylic acids is 4. The Hall–Kier alpha value is -5.59. The number of ether oxygens (including phenoxy) is 1. The number of esters is 1. The number of hydrogen-bond acceptors (Lipinski definition) is 5. The molecule has 5 aromatic rings. The van der Waals surface area contributed by atoms with Gasteiger partial charge >= 0.3 is 5.97 Å². The van der Waals surface area contributed by atoms with Crippen LogP contribution >= 0.6 is 11.6 Å². The Morgan fingerprint density at radius 3 is 1.50 bits per heavy atom. The average Bonchev–Trinajstić information content (AvgIpc) is 3.65. The summed E-state index contributed by atoms with van der Waals surface area (Å²) in [4.78, 5) is 60.3. The lowest BCUT2D eigenvalue weighted by Gasteiger charge is -2.39. The van der Waals surface area contributed by atoms with Gasteiger partial charge in [0.15, 0.2) is 5.78 Å². The molecule has 1 saturated heterocycles. The molecule has 6 nitrogen and oxygen atoms in total. The number of methoxy groups -OCH3 is 1. The Balaban J connectivity index is 1.52. The van der Waals surface area contributed by atoms with Crippen LogP contribution in [0.15, 0.2) is 127 Å². The molecule has 1 heterocycles. The van der Waals surface area contributed by atoms with E-state index >= 15 is 14.4 Å². The molecule has 2 aliphatic carbocycles. The van der Waals surface area contributed by atoms with E-state index < -0.39 is 40.4 Å². The lowest BCUT2D eigenvalue weighted by atomic mass is 9.59. The quantitative estimate of drug-likeness (QED) is 0.135. The molecule has 0 N–H and O–H groups in total. The van der Waals surface area contributed by atoms with Crippen molar-refractivity contribution in [1.82, 2.24) is 0 Å². The van der Waals surface area contributed by atoms with Gasteiger partial charge in [0.25, 0.3) is 0 Å². The SMILES string of the molecule is COC(=O)c1cc(N2C(=O)[C@@H]3[C@@H](C2=O)[C@@]2(c4ccccc4)C(=O)[C@@]3(c3ccccc3)C(c3ccc(C)cc3)=C2c2ccc(C)cc2)ccc1Cl. The van der Waals surface area contributed by atoms with Crippen LogP contribution in [0.3, 0.4) is 0 Å². The number of imide groups is 1. The second-order valence-corrected chi connectivity index (χ2v) is 13.7. The number of amides is 2. The van der Waals surface area contributed by atoms with E-state index in [0.717, 1.165) is 38.3 Å². The highest BCUT2D eigenvalue weighted by atomic mass is 35.5. The molecule has 8 rings (SSSR count). The summed E-state index contributed by atoms with van der Waals surface area (Å²) in [6, 6.07) is 39.3. The van der Waals surface area contributed by atoms with E-state index in [9.17, 15) is 4.79 Å². The molecule has 2 amide bonds. The van der Waals surface area contributed by atoms with Gasteiger partial charge in [-0.25, -0.2) is 9.69 Å². The molecule has 50 heavy (non-hydrogen) atoms. The van der Waals surface area contributed by atoms with Crippen LogP contribution in [0, 0.1) is 25.7 Å². The van der Waals surface area contributed by atoms with Gasteiger partial charge in [0.05, 0.1) is 46.0 Å². The van der Waals surface area contributed by atoms with Gasteiger partial charge in [0.2, 0.25) is 11.8 Å². The summed E-state index contributed by atoms with van der Waals surface area (Å²) in [6.07, 6.45) is 0. The summed E-state index contributed by atoms with van der Waals surface area (Å²) in [7, 11) is 1.24. The number of rotatable bonds is 6. The fourth-order valence-corrected chi connectivity index (χ4v) is 8.93. The highest BCUT2D eigenvalue weighted by Crippen LogP contribution is 2.74. The van der Waals surface area contributed by atoms with Crippen molar-refractivity contribution < 1.29 is 23.9 Å². The molecule has 1 aliphatic heterocycles. The minimum absolute atomic E-state index is 0.0257. The number of nitrogens with zero attached hydrogens (tertiary/aromatic N) is 1. The van der Waals surface area contributed by atoms with Crippen molar-refractivity contribution in [2.75, 3.05) is 12.0 Å². The molecule has 0 spiro atoms. The van der Waals surface area contributed by atoms with Crippen LogP contribution in [-0.4, -0.2) is 30.7 Å². The summed E-state index contributed by atoms with van der Waals surface area (Å²) >= 11 is 6.38. The number of allylic oxidation sites excluding steroid dienone is 2. The van der Waals surface area contributed by atoms with Crippen molar-refractivity contribution >= 4 is 52.0 Å². The number of benzene rings is 5. The van der Waals surface area contributed by atoms with Gasteiger partial charge in [-0.15, -0.1) is 0 Å². The monoisotopic (exact) mass is 677 g/mol. The van der Waals surface area contributed by atoms with E-state index in [0.29, 0.717) is 11.1 Å². The van der Waals surface area contributed by atoms with Crippen molar-refractivity contribution in [2.45, 2.75) is 24.7 Å². The van der Waals surface area contributed by atoms with Gasteiger partial charge in [0.1, 0.15) is 0 Å². The minimum Gasteiger partial charge on any atom is -0.465 e. The van der Waals surface area contributed by atoms with Crippen molar-refractivity contribution in [2.24, 2.45) is 11.8 Å². The average molecular weight is 678 g/mol. The Morgan fingerprint density at radius 2 is 1.08 bits per heavy atom. The second kappa shape index (κ2) is 11.5. The smallest absolute Gasteiger partial charge is 0.339 e. The van der Waals surface area contributed by atoms with Crippen LogP contribution in [0.1, 0.15) is 43.7 Å². The van der Waals surface area contributed by atoms with Crippen LogP contribution < -0.4 is 4.90 Å². The number of aryl methyl sites for hydroxylation is 2. The molecule has 246 valence electrons. The lowest BCUT2D eigenvalue weighted by Crippen LogP contribution is -2.45. The fourth-order valence-electron chi connectivity index (χ4n) is 8.74.